The number of hydrogen-bond acceptors (Lipinski definition) is 3. The SMILES string of the molecule is CCOP(=O)(N=P(O)(O)O)OCC. The topological polar surface area (TPSA) is 109 Å². The average molecular weight is 233 g/mol. The standard InChI is InChI=1S/C4H13NO6P2/c1-3-10-13(9,11-4-2)5-12(6,7)8/h6-8H,3-4H2,1-2H3. The normalized spacial score (nSPS) is 13.0. The highest BCUT2D eigenvalue weighted by atomic mass is 31.2. The Kier molecular flexibility index (Phi) is 5.32. The van der Waals surface area contributed by atoms with Crippen LogP contribution in [0.15, 0.2) is 4.52 Å². The molecule has 0 unspecified atom stereocenters. The van der Waals surface area contributed by atoms with Crippen molar-refractivity contribution in [1.82, 2.24) is 0 Å². The molecule has 0 heterocycles. The number of rotatable bonds is 5. The fraction of sp³-hybridized carbons (Fsp3) is 1.00. The summed E-state index contributed by atoms with van der Waals surface area (Å²) in [4.78, 5) is 25.6. The number of nitrogens with zero attached hydrogens (tertiary/aromatic N) is 1. The van der Waals surface area contributed by atoms with Crippen LogP contribution in [-0.2, 0) is 13.6 Å². The summed E-state index contributed by atoms with van der Waals surface area (Å²) < 4.78 is 23.3. The van der Waals surface area contributed by atoms with E-state index in [4.69, 9.17) is 14.7 Å². The smallest absolute Gasteiger partial charge is 0.318 e. The molecule has 13 heavy (non-hydrogen) atoms. The van der Waals surface area contributed by atoms with Crippen molar-refractivity contribution in [2.45, 2.75) is 13.8 Å². The maximum Gasteiger partial charge on any atom is 0.458 e. The van der Waals surface area contributed by atoms with E-state index in [9.17, 15) is 4.57 Å². The van der Waals surface area contributed by atoms with E-state index in [0.717, 1.165) is 0 Å². The first-order valence-corrected chi connectivity index (χ1v) is 6.63. The summed E-state index contributed by atoms with van der Waals surface area (Å²) in [5.74, 6) is 0. The van der Waals surface area contributed by atoms with Gasteiger partial charge >= 0.3 is 15.5 Å². The summed E-state index contributed by atoms with van der Waals surface area (Å²) in [6, 6.07) is 0. The van der Waals surface area contributed by atoms with E-state index in [1.165, 1.54) is 13.8 Å². The van der Waals surface area contributed by atoms with Gasteiger partial charge in [0.15, 0.2) is 0 Å². The maximum atomic E-state index is 11.4. The van der Waals surface area contributed by atoms with Gasteiger partial charge in [-0.15, -0.1) is 4.52 Å². The Labute approximate surface area is 76.2 Å². The Hall–Kier alpha value is 0.260. The Morgan fingerprint density at radius 1 is 1.15 bits per heavy atom. The Balaban J connectivity index is 4.71. The first kappa shape index (κ1) is 13.3. The first-order valence-electron chi connectivity index (χ1n) is 3.54. The molecule has 9 heteroatoms. The van der Waals surface area contributed by atoms with E-state index in [2.05, 4.69) is 13.6 Å². The Morgan fingerprint density at radius 3 is 1.77 bits per heavy atom. The predicted molar refractivity (Wildman–Crippen MR) is 46.9 cm³/mol. The van der Waals surface area contributed by atoms with Crippen LogP contribution in [0.5, 0.6) is 0 Å². The first-order chi connectivity index (χ1) is 5.83. The van der Waals surface area contributed by atoms with Gasteiger partial charge in [0, 0.05) is 0 Å². The second-order valence-electron chi connectivity index (χ2n) is 1.93. The van der Waals surface area contributed by atoms with E-state index < -0.39 is 15.5 Å². The van der Waals surface area contributed by atoms with Gasteiger partial charge in [0.1, 0.15) is 0 Å². The Bertz CT molecular complexity index is 229. The van der Waals surface area contributed by atoms with Gasteiger partial charge in [0.05, 0.1) is 13.2 Å². The van der Waals surface area contributed by atoms with Crippen molar-refractivity contribution in [3.8, 4) is 0 Å². The van der Waals surface area contributed by atoms with Crippen LogP contribution in [-0.4, -0.2) is 27.9 Å². The minimum Gasteiger partial charge on any atom is -0.318 e. The zero-order chi connectivity index (χ0) is 10.5. The molecule has 0 aromatic rings. The third kappa shape index (κ3) is 6.35. The summed E-state index contributed by atoms with van der Waals surface area (Å²) in [5.41, 5.74) is 0. The molecule has 80 valence electrons. The van der Waals surface area contributed by atoms with E-state index in [1.807, 2.05) is 0 Å². The second kappa shape index (κ2) is 5.22. The Morgan fingerprint density at radius 2 is 1.54 bits per heavy atom. The zero-order valence-electron chi connectivity index (χ0n) is 7.32. The highest BCUT2D eigenvalue weighted by molar-refractivity contribution is 7.62. The van der Waals surface area contributed by atoms with Gasteiger partial charge in [-0.1, -0.05) is 0 Å². The molecule has 0 bridgehead atoms. The van der Waals surface area contributed by atoms with Gasteiger partial charge in [-0.3, -0.25) is 9.05 Å². The van der Waals surface area contributed by atoms with Gasteiger partial charge in [-0.25, -0.2) is 4.57 Å². The summed E-state index contributed by atoms with van der Waals surface area (Å²) in [5, 5.41) is 0. The molecule has 0 rings (SSSR count). The van der Waals surface area contributed by atoms with E-state index in [0.29, 0.717) is 0 Å². The van der Waals surface area contributed by atoms with Crippen molar-refractivity contribution in [2.24, 2.45) is 4.52 Å². The third-order valence-electron chi connectivity index (χ3n) is 0.814. The summed E-state index contributed by atoms with van der Waals surface area (Å²) in [6.07, 6.45) is 0. The lowest BCUT2D eigenvalue weighted by molar-refractivity contribution is 0.219. The monoisotopic (exact) mass is 233 g/mol. The highest BCUT2D eigenvalue weighted by Gasteiger charge is 2.26. The van der Waals surface area contributed by atoms with Crippen molar-refractivity contribution >= 4 is 15.5 Å². The molecule has 0 saturated heterocycles. The van der Waals surface area contributed by atoms with Crippen molar-refractivity contribution in [3.63, 3.8) is 0 Å². The van der Waals surface area contributed by atoms with Crippen LogP contribution in [0, 0.1) is 0 Å². The summed E-state index contributed by atoms with van der Waals surface area (Å²) in [7, 11) is -8.40. The number of hydrogen-bond donors (Lipinski definition) is 3. The molecule has 0 spiro atoms. The molecular formula is C4H13NO6P2. The minimum atomic E-state index is -4.48. The molecule has 0 aromatic heterocycles. The van der Waals surface area contributed by atoms with Crippen molar-refractivity contribution in [2.75, 3.05) is 13.2 Å². The van der Waals surface area contributed by atoms with Crippen LogP contribution in [0.3, 0.4) is 0 Å². The lowest BCUT2D eigenvalue weighted by Gasteiger charge is -2.12. The lowest BCUT2D eigenvalue weighted by Crippen LogP contribution is -1.93. The van der Waals surface area contributed by atoms with Gasteiger partial charge in [0.2, 0.25) is 0 Å². The lowest BCUT2D eigenvalue weighted by atomic mass is 10.9. The molecule has 0 amide bonds. The molecule has 0 fully saturated rings. The molecule has 0 aliphatic carbocycles. The van der Waals surface area contributed by atoms with Crippen LogP contribution < -0.4 is 0 Å². The summed E-state index contributed by atoms with van der Waals surface area (Å²) in [6.45, 7) is 3.13. The molecule has 0 saturated carbocycles. The zero-order valence-corrected chi connectivity index (χ0v) is 9.11. The average Bonchev–Trinajstić information content (AvgIpc) is 1.82. The van der Waals surface area contributed by atoms with Crippen LogP contribution in [0.4, 0.5) is 0 Å². The molecule has 0 aromatic carbocycles. The van der Waals surface area contributed by atoms with Gasteiger partial charge in [0.25, 0.3) is 0 Å². The molecule has 0 aliphatic heterocycles. The van der Waals surface area contributed by atoms with Crippen molar-refractivity contribution in [1.29, 1.82) is 0 Å². The maximum absolute atomic E-state index is 11.4. The van der Waals surface area contributed by atoms with Gasteiger partial charge in [-0.05, 0) is 13.8 Å². The molecule has 3 N–H and O–H groups in total. The van der Waals surface area contributed by atoms with Crippen LogP contribution >= 0.6 is 15.5 Å². The van der Waals surface area contributed by atoms with Crippen molar-refractivity contribution < 1.29 is 28.3 Å². The third-order valence-corrected chi connectivity index (χ3v) is 3.82. The largest absolute Gasteiger partial charge is 0.458 e. The van der Waals surface area contributed by atoms with Crippen LogP contribution in [0.1, 0.15) is 13.8 Å². The molecule has 0 aliphatic rings. The summed E-state index contributed by atoms with van der Waals surface area (Å²) >= 11 is 0. The second-order valence-corrected chi connectivity index (χ2v) is 5.17. The minimum absolute atomic E-state index is 0.0285. The molecule has 0 radical (unpaired) electrons. The van der Waals surface area contributed by atoms with E-state index >= 15 is 0 Å². The van der Waals surface area contributed by atoms with Crippen LogP contribution in [0.2, 0.25) is 0 Å². The highest BCUT2D eigenvalue weighted by Crippen LogP contribution is 2.57. The van der Waals surface area contributed by atoms with E-state index in [1.54, 1.807) is 0 Å². The van der Waals surface area contributed by atoms with E-state index in [-0.39, 0.29) is 13.2 Å². The van der Waals surface area contributed by atoms with Crippen molar-refractivity contribution in [3.05, 3.63) is 0 Å². The molecular weight excluding hydrogens is 220 g/mol. The van der Waals surface area contributed by atoms with Gasteiger partial charge in [-0.2, -0.15) is 0 Å². The molecule has 0 atom stereocenters. The van der Waals surface area contributed by atoms with Crippen LogP contribution in [0.25, 0.3) is 0 Å². The molecule has 7 nitrogen and oxygen atoms in total. The fourth-order valence-corrected chi connectivity index (χ4v) is 2.88. The van der Waals surface area contributed by atoms with Gasteiger partial charge < -0.3 is 14.7 Å². The predicted octanol–water partition coefficient (Wildman–Crippen LogP) is 1.09. The quantitative estimate of drug-likeness (QED) is 0.613. The fourth-order valence-electron chi connectivity index (χ4n) is 0.562.